The van der Waals surface area contributed by atoms with Gasteiger partial charge in [0.25, 0.3) is 0 Å². The highest BCUT2D eigenvalue weighted by Crippen LogP contribution is 2.38. The molecule has 0 spiro atoms. The van der Waals surface area contributed by atoms with Crippen LogP contribution in [0.3, 0.4) is 0 Å². The van der Waals surface area contributed by atoms with Crippen LogP contribution in [0.1, 0.15) is 13.8 Å². The van der Waals surface area contributed by atoms with Gasteiger partial charge in [-0.05, 0) is 13.8 Å². The summed E-state index contributed by atoms with van der Waals surface area (Å²) in [5.41, 5.74) is 0. The van der Waals surface area contributed by atoms with E-state index in [0.717, 1.165) is 0 Å². The Bertz CT molecular complexity index is 276. The van der Waals surface area contributed by atoms with Crippen LogP contribution in [-0.2, 0) is 19.0 Å². The van der Waals surface area contributed by atoms with Gasteiger partial charge in [0.15, 0.2) is 11.9 Å². The third-order valence-electron chi connectivity index (χ3n) is 2.57. The molecule has 0 aromatic rings. The molecule has 0 saturated carbocycles. The monoisotopic (exact) mass is 218 g/mol. The second kappa shape index (κ2) is 3.41. The van der Waals surface area contributed by atoms with Crippen molar-refractivity contribution < 1.29 is 29.2 Å². The minimum atomic E-state index is -1.10. The maximum absolute atomic E-state index is 10.9. The Kier molecular flexibility index (Phi) is 2.46. The molecule has 2 saturated heterocycles. The molecule has 86 valence electrons. The summed E-state index contributed by atoms with van der Waals surface area (Å²) >= 11 is 0. The largest absolute Gasteiger partial charge is 0.479 e. The van der Waals surface area contributed by atoms with Crippen molar-refractivity contribution >= 4 is 5.97 Å². The highest BCUT2D eigenvalue weighted by molar-refractivity contribution is 5.73. The van der Waals surface area contributed by atoms with Crippen LogP contribution in [-0.4, -0.2) is 53.0 Å². The van der Waals surface area contributed by atoms with Crippen LogP contribution >= 0.6 is 0 Å². The molecule has 15 heavy (non-hydrogen) atoms. The molecule has 0 bridgehead atoms. The van der Waals surface area contributed by atoms with Crippen molar-refractivity contribution in [2.24, 2.45) is 0 Å². The molecule has 2 heterocycles. The van der Waals surface area contributed by atoms with E-state index in [-0.39, 0.29) is 6.61 Å². The van der Waals surface area contributed by atoms with Crippen molar-refractivity contribution in [1.82, 2.24) is 0 Å². The summed E-state index contributed by atoms with van der Waals surface area (Å²) in [5.74, 6) is -1.91. The van der Waals surface area contributed by atoms with Crippen molar-refractivity contribution in [1.29, 1.82) is 0 Å². The van der Waals surface area contributed by atoms with E-state index in [1.165, 1.54) is 0 Å². The fourth-order valence-corrected chi connectivity index (χ4v) is 2.03. The molecule has 0 amide bonds. The number of carboxylic acids is 1. The SMILES string of the molecule is CC1(C)O[C@@H]2[C@H](O1)[C@@H](CO)O[C@@H]2C(=O)O. The standard InChI is InChI=1S/C9H14O6/c1-9(2)14-5-4(3-10)13-7(8(11)12)6(5)15-9/h4-7,10H,3H2,1-2H3,(H,11,12)/t4-,5-,6-,7+/m1/s1. The maximum atomic E-state index is 10.9. The first-order chi connectivity index (χ1) is 6.94. The van der Waals surface area contributed by atoms with Gasteiger partial charge >= 0.3 is 5.97 Å². The minimum Gasteiger partial charge on any atom is -0.479 e. The number of rotatable bonds is 2. The molecule has 4 atom stereocenters. The number of hydrogen-bond acceptors (Lipinski definition) is 5. The molecular formula is C9H14O6. The molecule has 0 radical (unpaired) electrons. The summed E-state index contributed by atoms with van der Waals surface area (Å²) in [5, 5.41) is 17.9. The Labute approximate surface area is 86.7 Å². The van der Waals surface area contributed by atoms with Crippen LogP contribution in [0.25, 0.3) is 0 Å². The first kappa shape index (κ1) is 10.8. The maximum Gasteiger partial charge on any atom is 0.335 e. The molecule has 2 aliphatic rings. The molecule has 2 aliphatic heterocycles. The van der Waals surface area contributed by atoms with E-state index in [2.05, 4.69) is 0 Å². The summed E-state index contributed by atoms with van der Waals surface area (Å²) < 4.78 is 16.1. The van der Waals surface area contributed by atoms with Crippen molar-refractivity contribution in [3.05, 3.63) is 0 Å². The lowest BCUT2D eigenvalue weighted by Crippen LogP contribution is -2.35. The van der Waals surface area contributed by atoms with Gasteiger partial charge in [-0.2, -0.15) is 0 Å². The predicted octanol–water partition coefficient (Wildman–Crippen LogP) is -0.649. The summed E-state index contributed by atoms with van der Waals surface area (Å²) in [6.45, 7) is 3.14. The fraction of sp³-hybridized carbons (Fsp3) is 0.889. The van der Waals surface area contributed by atoms with E-state index in [1.54, 1.807) is 13.8 Å². The summed E-state index contributed by atoms with van der Waals surface area (Å²) in [6.07, 6.45) is -2.84. The van der Waals surface area contributed by atoms with Gasteiger partial charge in [0.1, 0.15) is 18.3 Å². The molecule has 0 aromatic carbocycles. The van der Waals surface area contributed by atoms with Gasteiger partial charge in [-0.1, -0.05) is 0 Å². The average molecular weight is 218 g/mol. The lowest BCUT2D eigenvalue weighted by molar-refractivity contribution is -0.196. The molecule has 0 unspecified atom stereocenters. The van der Waals surface area contributed by atoms with Gasteiger partial charge < -0.3 is 24.4 Å². The number of aliphatic carboxylic acids is 1. The van der Waals surface area contributed by atoms with Gasteiger partial charge in [0, 0.05) is 0 Å². The molecule has 6 nitrogen and oxygen atoms in total. The van der Waals surface area contributed by atoms with E-state index in [0.29, 0.717) is 0 Å². The molecule has 2 fully saturated rings. The second-order valence-electron chi connectivity index (χ2n) is 4.18. The normalized spacial score (nSPS) is 42.9. The number of carboxylic acid groups (broad SMARTS) is 1. The van der Waals surface area contributed by atoms with Crippen LogP contribution in [0.2, 0.25) is 0 Å². The van der Waals surface area contributed by atoms with Gasteiger partial charge in [0.2, 0.25) is 0 Å². The number of aliphatic hydroxyl groups is 1. The lowest BCUT2D eigenvalue weighted by Gasteiger charge is -2.22. The van der Waals surface area contributed by atoms with Crippen molar-refractivity contribution in [3.8, 4) is 0 Å². The van der Waals surface area contributed by atoms with Crippen molar-refractivity contribution in [2.75, 3.05) is 6.61 Å². The topological polar surface area (TPSA) is 85.2 Å². The van der Waals surface area contributed by atoms with Crippen molar-refractivity contribution in [2.45, 2.75) is 44.1 Å². The smallest absolute Gasteiger partial charge is 0.335 e. The van der Waals surface area contributed by atoms with Crippen LogP contribution in [0, 0.1) is 0 Å². The van der Waals surface area contributed by atoms with E-state index in [9.17, 15) is 4.79 Å². The molecule has 0 aromatic heterocycles. The van der Waals surface area contributed by atoms with E-state index < -0.39 is 36.2 Å². The molecule has 2 N–H and O–H groups in total. The highest BCUT2D eigenvalue weighted by atomic mass is 16.8. The molecule has 0 aliphatic carbocycles. The zero-order chi connectivity index (χ0) is 11.2. The van der Waals surface area contributed by atoms with E-state index in [1.807, 2.05) is 0 Å². The zero-order valence-electron chi connectivity index (χ0n) is 8.54. The first-order valence-electron chi connectivity index (χ1n) is 4.79. The quantitative estimate of drug-likeness (QED) is 0.640. The van der Waals surface area contributed by atoms with Gasteiger partial charge in [0.05, 0.1) is 6.61 Å². The molecular weight excluding hydrogens is 204 g/mol. The van der Waals surface area contributed by atoms with Gasteiger partial charge in [-0.3, -0.25) is 0 Å². The zero-order valence-corrected chi connectivity index (χ0v) is 8.54. The van der Waals surface area contributed by atoms with E-state index in [4.69, 9.17) is 24.4 Å². The number of aliphatic hydroxyl groups excluding tert-OH is 1. The van der Waals surface area contributed by atoms with Crippen LogP contribution < -0.4 is 0 Å². The number of fused-ring (bicyclic) bond motifs is 1. The summed E-state index contributed by atoms with van der Waals surface area (Å²) in [6, 6.07) is 0. The highest BCUT2D eigenvalue weighted by Gasteiger charge is 2.57. The number of hydrogen-bond donors (Lipinski definition) is 2. The van der Waals surface area contributed by atoms with Crippen LogP contribution in [0.4, 0.5) is 0 Å². The first-order valence-corrected chi connectivity index (χ1v) is 4.79. The Morgan fingerprint density at radius 1 is 1.33 bits per heavy atom. The summed E-state index contributed by atoms with van der Waals surface area (Å²) in [4.78, 5) is 10.9. The third-order valence-corrected chi connectivity index (χ3v) is 2.57. The average Bonchev–Trinajstić information content (AvgIpc) is 2.57. The number of ether oxygens (including phenoxy) is 3. The minimum absolute atomic E-state index is 0.273. The Balaban J connectivity index is 2.19. The van der Waals surface area contributed by atoms with E-state index >= 15 is 0 Å². The fourth-order valence-electron chi connectivity index (χ4n) is 2.03. The Morgan fingerprint density at radius 3 is 2.47 bits per heavy atom. The predicted molar refractivity (Wildman–Crippen MR) is 47.2 cm³/mol. The molecule has 6 heteroatoms. The second-order valence-corrected chi connectivity index (χ2v) is 4.18. The Morgan fingerprint density at radius 2 is 1.93 bits per heavy atom. The van der Waals surface area contributed by atoms with Crippen molar-refractivity contribution in [3.63, 3.8) is 0 Å². The van der Waals surface area contributed by atoms with Crippen LogP contribution in [0.5, 0.6) is 0 Å². The Hall–Kier alpha value is -0.690. The van der Waals surface area contributed by atoms with Crippen LogP contribution in [0.15, 0.2) is 0 Å². The lowest BCUT2D eigenvalue weighted by atomic mass is 10.1. The number of carbonyl (C=O) groups is 1. The van der Waals surface area contributed by atoms with Gasteiger partial charge in [-0.25, -0.2) is 4.79 Å². The summed E-state index contributed by atoms with van der Waals surface area (Å²) in [7, 11) is 0. The third kappa shape index (κ3) is 1.74. The van der Waals surface area contributed by atoms with Gasteiger partial charge in [-0.15, -0.1) is 0 Å². The molecule has 2 rings (SSSR count).